The molecule has 0 saturated heterocycles. The summed E-state index contributed by atoms with van der Waals surface area (Å²) in [6.45, 7) is 2.47. The van der Waals surface area contributed by atoms with Crippen molar-refractivity contribution in [2.45, 2.75) is 20.0 Å². The van der Waals surface area contributed by atoms with Gasteiger partial charge in [0.15, 0.2) is 11.5 Å². The Morgan fingerprint density at radius 2 is 2.00 bits per heavy atom. The molecular formula is C19H16ClFN6O2. The van der Waals surface area contributed by atoms with E-state index >= 15 is 0 Å². The van der Waals surface area contributed by atoms with E-state index in [0.717, 1.165) is 5.56 Å². The molecule has 3 heterocycles. The number of aromatic nitrogens is 5. The second kappa shape index (κ2) is 7.88. The quantitative estimate of drug-likeness (QED) is 0.521. The fraction of sp³-hybridized carbons (Fsp3) is 0.158. The highest BCUT2D eigenvalue weighted by molar-refractivity contribution is 6.30. The monoisotopic (exact) mass is 414 g/mol. The van der Waals surface area contributed by atoms with Crippen molar-refractivity contribution < 1.29 is 13.7 Å². The average molecular weight is 415 g/mol. The number of hydrogen-bond acceptors (Lipinski definition) is 5. The lowest BCUT2D eigenvalue weighted by molar-refractivity contribution is 0.101. The van der Waals surface area contributed by atoms with Crippen LogP contribution in [-0.4, -0.2) is 30.6 Å². The summed E-state index contributed by atoms with van der Waals surface area (Å²) in [6, 6.07) is 7.81. The van der Waals surface area contributed by atoms with Gasteiger partial charge in [-0.2, -0.15) is 10.2 Å². The summed E-state index contributed by atoms with van der Waals surface area (Å²) in [6.07, 6.45) is 4.88. The minimum Gasteiger partial charge on any atom is -0.361 e. The molecule has 1 N–H and O–H groups in total. The van der Waals surface area contributed by atoms with Crippen molar-refractivity contribution in [2.24, 2.45) is 0 Å². The Bertz CT molecular complexity index is 1150. The molecule has 0 saturated carbocycles. The van der Waals surface area contributed by atoms with Crippen molar-refractivity contribution >= 4 is 23.3 Å². The van der Waals surface area contributed by atoms with Crippen LogP contribution in [0.3, 0.4) is 0 Å². The van der Waals surface area contributed by atoms with Crippen LogP contribution in [0.2, 0.25) is 5.02 Å². The van der Waals surface area contributed by atoms with Crippen molar-refractivity contribution in [3.8, 4) is 0 Å². The third-order valence-electron chi connectivity index (χ3n) is 4.26. The van der Waals surface area contributed by atoms with Gasteiger partial charge in [-0.25, -0.2) is 4.39 Å². The van der Waals surface area contributed by atoms with E-state index in [-0.39, 0.29) is 11.5 Å². The van der Waals surface area contributed by atoms with Crippen molar-refractivity contribution in [1.82, 2.24) is 24.7 Å². The predicted molar refractivity (Wildman–Crippen MR) is 103 cm³/mol. The zero-order valence-corrected chi connectivity index (χ0v) is 16.1. The number of rotatable bonds is 6. The highest BCUT2D eigenvalue weighted by Gasteiger charge is 2.21. The summed E-state index contributed by atoms with van der Waals surface area (Å²) < 4.78 is 21.4. The summed E-state index contributed by atoms with van der Waals surface area (Å²) >= 11 is 5.89. The first-order valence-corrected chi connectivity index (χ1v) is 9.08. The van der Waals surface area contributed by atoms with Crippen LogP contribution < -0.4 is 5.32 Å². The molecule has 29 heavy (non-hydrogen) atoms. The van der Waals surface area contributed by atoms with E-state index in [1.54, 1.807) is 46.9 Å². The van der Waals surface area contributed by atoms with Gasteiger partial charge >= 0.3 is 0 Å². The van der Waals surface area contributed by atoms with Crippen molar-refractivity contribution in [3.63, 3.8) is 0 Å². The normalized spacial score (nSPS) is 11.0. The van der Waals surface area contributed by atoms with Crippen LogP contribution in [0, 0.1) is 12.7 Å². The third kappa shape index (κ3) is 4.35. The molecule has 1 amide bonds. The van der Waals surface area contributed by atoms with Crippen LogP contribution in [0.5, 0.6) is 0 Å². The van der Waals surface area contributed by atoms with Crippen LogP contribution in [0.15, 0.2) is 53.4 Å². The van der Waals surface area contributed by atoms with Crippen LogP contribution in [0.4, 0.5) is 10.2 Å². The number of nitrogens with one attached hydrogen (secondary N) is 1. The SMILES string of the molecule is Cc1onc(C(=O)Nc2ccn(Cc3ccc(F)cc3)n2)c1Cn1cc(Cl)cn1. The number of carbonyl (C=O) groups is 1. The Morgan fingerprint density at radius 3 is 2.72 bits per heavy atom. The van der Waals surface area contributed by atoms with Crippen molar-refractivity contribution in [2.75, 3.05) is 5.32 Å². The Kier molecular flexibility index (Phi) is 5.13. The van der Waals surface area contributed by atoms with Crippen molar-refractivity contribution in [1.29, 1.82) is 0 Å². The zero-order chi connectivity index (χ0) is 20.4. The third-order valence-corrected chi connectivity index (χ3v) is 4.46. The lowest BCUT2D eigenvalue weighted by atomic mass is 10.2. The molecule has 3 aromatic heterocycles. The molecule has 0 atom stereocenters. The molecule has 0 aliphatic heterocycles. The minimum absolute atomic E-state index is 0.155. The van der Waals surface area contributed by atoms with Gasteiger partial charge in [-0.15, -0.1) is 0 Å². The molecule has 1 aromatic carbocycles. The Hall–Kier alpha value is -3.46. The molecule has 0 fully saturated rings. The van der Waals surface area contributed by atoms with E-state index in [1.165, 1.54) is 18.3 Å². The Morgan fingerprint density at radius 1 is 1.21 bits per heavy atom. The summed E-state index contributed by atoms with van der Waals surface area (Å²) in [7, 11) is 0. The number of halogens is 2. The van der Waals surface area contributed by atoms with E-state index < -0.39 is 5.91 Å². The smallest absolute Gasteiger partial charge is 0.279 e. The van der Waals surface area contributed by atoms with E-state index in [0.29, 0.717) is 35.3 Å². The number of hydrogen-bond donors (Lipinski definition) is 1. The maximum atomic E-state index is 13.0. The predicted octanol–water partition coefficient (Wildman–Crippen LogP) is 3.52. The van der Waals surface area contributed by atoms with E-state index in [4.69, 9.17) is 16.1 Å². The first kappa shape index (κ1) is 18.9. The number of anilines is 1. The van der Waals surface area contributed by atoms with E-state index in [9.17, 15) is 9.18 Å². The van der Waals surface area contributed by atoms with Gasteiger partial charge in [-0.3, -0.25) is 14.2 Å². The molecule has 148 valence electrons. The van der Waals surface area contributed by atoms with Gasteiger partial charge in [0.1, 0.15) is 11.6 Å². The van der Waals surface area contributed by atoms with Gasteiger partial charge in [0.05, 0.1) is 24.3 Å². The molecule has 4 aromatic rings. The van der Waals surface area contributed by atoms with Gasteiger partial charge < -0.3 is 9.84 Å². The standard InChI is InChI=1S/C19H16ClFN6O2/c1-12-16(11-27-10-14(20)8-22-27)18(25-29-12)19(28)23-17-6-7-26(24-17)9-13-2-4-15(21)5-3-13/h2-8,10H,9,11H2,1H3,(H,23,24,28). The first-order chi connectivity index (χ1) is 14.0. The number of aryl methyl sites for hydroxylation is 1. The van der Waals surface area contributed by atoms with Gasteiger partial charge in [0.25, 0.3) is 5.91 Å². The van der Waals surface area contributed by atoms with E-state index in [1.807, 2.05) is 0 Å². The number of benzene rings is 1. The molecule has 10 heteroatoms. The number of nitrogens with zero attached hydrogens (tertiary/aromatic N) is 5. The summed E-state index contributed by atoms with van der Waals surface area (Å²) in [4.78, 5) is 12.7. The van der Waals surface area contributed by atoms with E-state index in [2.05, 4.69) is 20.7 Å². The number of carbonyl (C=O) groups excluding carboxylic acids is 1. The lowest BCUT2D eigenvalue weighted by Gasteiger charge is -2.04. The largest absolute Gasteiger partial charge is 0.361 e. The van der Waals surface area contributed by atoms with Gasteiger partial charge in [-0.1, -0.05) is 28.9 Å². The molecule has 0 unspecified atom stereocenters. The van der Waals surface area contributed by atoms with Gasteiger partial charge in [0, 0.05) is 24.0 Å². The van der Waals surface area contributed by atoms with Crippen LogP contribution in [0.1, 0.15) is 27.4 Å². The second-order valence-electron chi connectivity index (χ2n) is 6.40. The molecule has 0 aliphatic carbocycles. The summed E-state index contributed by atoms with van der Waals surface area (Å²) in [5, 5.41) is 15.5. The first-order valence-electron chi connectivity index (χ1n) is 8.70. The maximum Gasteiger partial charge on any atom is 0.279 e. The molecule has 0 radical (unpaired) electrons. The van der Waals surface area contributed by atoms with Crippen LogP contribution >= 0.6 is 11.6 Å². The number of amides is 1. The highest BCUT2D eigenvalue weighted by atomic mass is 35.5. The summed E-state index contributed by atoms with van der Waals surface area (Å²) in [5.41, 5.74) is 1.65. The zero-order valence-electron chi connectivity index (χ0n) is 15.3. The molecule has 0 aliphatic rings. The average Bonchev–Trinajstić information content (AvgIpc) is 3.40. The topological polar surface area (TPSA) is 90.8 Å². The second-order valence-corrected chi connectivity index (χ2v) is 6.84. The molecule has 0 spiro atoms. The molecule has 4 rings (SSSR count). The van der Waals surface area contributed by atoms with Gasteiger partial charge in [-0.05, 0) is 24.6 Å². The van der Waals surface area contributed by atoms with Crippen molar-refractivity contribution in [3.05, 3.63) is 82.3 Å². The Balaban J connectivity index is 1.46. The molecule has 0 bridgehead atoms. The van der Waals surface area contributed by atoms with Crippen LogP contribution in [0.25, 0.3) is 0 Å². The minimum atomic E-state index is -0.442. The van der Waals surface area contributed by atoms with Gasteiger partial charge in [0.2, 0.25) is 0 Å². The maximum absolute atomic E-state index is 13.0. The molecular weight excluding hydrogens is 399 g/mol. The fourth-order valence-electron chi connectivity index (χ4n) is 2.81. The highest BCUT2D eigenvalue weighted by Crippen LogP contribution is 2.18. The lowest BCUT2D eigenvalue weighted by Crippen LogP contribution is -2.16. The Labute approximate surface area is 169 Å². The summed E-state index contributed by atoms with van der Waals surface area (Å²) in [5.74, 6) is 0.148. The fourth-order valence-corrected chi connectivity index (χ4v) is 2.97. The van der Waals surface area contributed by atoms with Crippen LogP contribution in [-0.2, 0) is 13.1 Å². The molecule has 8 nitrogen and oxygen atoms in total.